The van der Waals surface area contributed by atoms with Crippen LogP contribution in [0.15, 0.2) is 30.6 Å². The van der Waals surface area contributed by atoms with Crippen LogP contribution in [0, 0.1) is 12.3 Å². The van der Waals surface area contributed by atoms with Crippen molar-refractivity contribution in [2.45, 2.75) is 13.5 Å². The van der Waals surface area contributed by atoms with Gasteiger partial charge in [0.15, 0.2) is 0 Å². The van der Waals surface area contributed by atoms with Crippen molar-refractivity contribution in [2.75, 3.05) is 5.73 Å². The molecule has 6 heteroatoms. The van der Waals surface area contributed by atoms with Gasteiger partial charge in [-0.3, -0.25) is 5.41 Å². The quantitative estimate of drug-likeness (QED) is 0.649. The summed E-state index contributed by atoms with van der Waals surface area (Å²) in [5, 5.41) is 11.5. The second-order valence-electron chi connectivity index (χ2n) is 3.94. The van der Waals surface area contributed by atoms with Gasteiger partial charge in [0.1, 0.15) is 0 Å². The first-order chi connectivity index (χ1) is 8.49. The molecular formula is C12H12F2N4. The normalized spacial score (nSPS) is 10.9. The van der Waals surface area contributed by atoms with Crippen molar-refractivity contribution in [3.05, 3.63) is 47.3 Å². The molecule has 0 radical (unpaired) electrons. The second-order valence-corrected chi connectivity index (χ2v) is 3.94. The van der Waals surface area contributed by atoms with E-state index in [1.165, 1.54) is 6.20 Å². The number of nitrogens with zero attached hydrogens (tertiary/aromatic N) is 2. The van der Waals surface area contributed by atoms with E-state index in [0.29, 0.717) is 21.5 Å². The maximum absolute atomic E-state index is 12.4. The zero-order chi connectivity index (χ0) is 13.3. The molecule has 94 valence electrons. The molecule has 1 aromatic carbocycles. The summed E-state index contributed by atoms with van der Waals surface area (Å²) in [6, 6.07) is 5.17. The molecule has 0 spiro atoms. The Kier molecular flexibility index (Phi) is 3.10. The Bertz CT molecular complexity index is 590. The van der Waals surface area contributed by atoms with E-state index in [4.69, 9.17) is 11.1 Å². The molecule has 0 saturated carbocycles. The summed E-state index contributed by atoms with van der Waals surface area (Å²) in [5.74, 6) is 0. The Labute approximate surface area is 103 Å². The van der Waals surface area contributed by atoms with Crippen LogP contribution in [-0.4, -0.2) is 15.5 Å². The number of nitrogen functional groups attached to an aromatic ring is 1. The fourth-order valence-electron chi connectivity index (χ4n) is 1.64. The summed E-state index contributed by atoms with van der Waals surface area (Å²) in [6.45, 7) is -0.866. The molecule has 2 aromatic rings. The van der Waals surface area contributed by atoms with Crippen LogP contribution in [0.2, 0.25) is 0 Å². The molecule has 1 aromatic heterocycles. The number of hydrogen-bond donors (Lipinski definition) is 2. The van der Waals surface area contributed by atoms with Crippen LogP contribution >= 0.6 is 0 Å². The highest BCUT2D eigenvalue weighted by Crippen LogP contribution is 2.18. The van der Waals surface area contributed by atoms with E-state index in [1.54, 1.807) is 18.2 Å². The maximum Gasteiger partial charge on any atom is 0.333 e. The van der Waals surface area contributed by atoms with Gasteiger partial charge >= 0.3 is 6.55 Å². The van der Waals surface area contributed by atoms with Gasteiger partial charge in [-0.05, 0) is 24.6 Å². The van der Waals surface area contributed by atoms with Crippen LogP contribution in [-0.2, 0) is 0 Å². The number of alkyl halides is 2. The van der Waals surface area contributed by atoms with Crippen LogP contribution in [0.3, 0.4) is 0 Å². The van der Waals surface area contributed by atoms with Gasteiger partial charge in [-0.15, -0.1) is 0 Å². The minimum atomic E-state index is -2.70. The summed E-state index contributed by atoms with van der Waals surface area (Å²) < 4.78 is 25.3. The number of aryl methyl sites for hydroxylation is 1. The minimum Gasteiger partial charge on any atom is -0.399 e. The zero-order valence-electron chi connectivity index (χ0n) is 9.69. The summed E-state index contributed by atoms with van der Waals surface area (Å²) in [6.07, 6.45) is 2.40. The Morgan fingerprint density at radius 1 is 1.44 bits per heavy atom. The van der Waals surface area contributed by atoms with Gasteiger partial charge in [-0.2, -0.15) is 13.9 Å². The molecule has 0 unspecified atom stereocenters. The van der Waals surface area contributed by atoms with E-state index >= 15 is 0 Å². The Balaban J connectivity index is 2.38. The molecular weight excluding hydrogens is 238 g/mol. The van der Waals surface area contributed by atoms with Gasteiger partial charge < -0.3 is 5.73 Å². The molecule has 18 heavy (non-hydrogen) atoms. The Morgan fingerprint density at radius 2 is 2.17 bits per heavy atom. The lowest BCUT2D eigenvalue weighted by Gasteiger charge is -2.07. The summed E-state index contributed by atoms with van der Waals surface area (Å²) in [5.41, 5.74) is 8.13. The molecule has 0 atom stereocenters. The van der Waals surface area contributed by atoms with Gasteiger partial charge in [-0.25, -0.2) is 4.68 Å². The Hall–Kier alpha value is -2.24. The number of hydrogen-bond acceptors (Lipinski definition) is 3. The van der Waals surface area contributed by atoms with E-state index in [0.717, 1.165) is 11.8 Å². The van der Waals surface area contributed by atoms with E-state index in [9.17, 15) is 8.78 Å². The highest BCUT2D eigenvalue weighted by molar-refractivity contribution is 6.11. The lowest BCUT2D eigenvalue weighted by Crippen LogP contribution is -2.04. The molecule has 0 bridgehead atoms. The lowest BCUT2D eigenvalue weighted by atomic mass is 10.00. The molecule has 3 N–H and O–H groups in total. The summed E-state index contributed by atoms with van der Waals surface area (Å²) >= 11 is 0. The van der Waals surface area contributed by atoms with Gasteiger partial charge in [0.05, 0.1) is 11.9 Å². The van der Waals surface area contributed by atoms with Gasteiger partial charge in [-0.1, -0.05) is 6.07 Å². The fraction of sp³-hybridized carbons (Fsp3) is 0.167. The van der Waals surface area contributed by atoms with Crippen LogP contribution in [0.5, 0.6) is 0 Å². The molecule has 0 amide bonds. The number of rotatable bonds is 3. The number of halogens is 2. The molecule has 0 fully saturated rings. The first kappa shape index (κ1) is 12.2. The van der Waals surface area contributed by atoms with Crippen molar-refractivity contribution in [1.82, 2.24) is 9.78 Å². The smallest absolute Gasteiger partial charge is 0.333 e. The molecule has 0 aliphatic heterocycles. The third-order valence-corrected chi connectivity index (χ3v) is 2.62. The molecule has 2 rings (SSSR count). The number of nitrogens with two attached hydrogens (primary N) is 1. The van der Waals surface area contributed by atoms with E-state index in [1.807, 2.05) is 6.92 Å². The van der Waals surface area contributed by atoms with Gasteiger partial charge in [0.25, 0.3) is 0 Å². The number of anilines is 1. The second kappa shape index (κ2) is 4.56. The van der Waals surface area contributed by atoms with Crippen LogP contribution < -0.4 is 5.73 Å². The van der Waals surface area contributed by atoms with Crippen LogP contribution in [0.1, 0.15) is 23.2 Å². The topological polar surface area (TPSA) is 67.7 Å². The first-order valence-corrected chi connectivity index (χ1v) is 5.27. The predicted octanol–water partition coefficient (Wildman–Crippen LogP) is 2.58. The molecule has 1 heterocycles. The highest BCUT2D eigenvalue weighted by atomic mass is 19.3. The van der Waals surface area contributed by atoms with Crippen LogP contribution in [0.4, 0.5) is 14.5 Å². The van der Waals surface area contributed by atoms with Crippen molar-refractivity contribution < 1.29 is 8.78 Å². The zero-order valence-corrected chi connectivity index (χ0v) is 9.69. The van der Waals surface area contributed by atoms with Crippen molar-refractivity contribution in [2.24, 2.45) is 0 Å². The Morgan fingerprint density at radius 3 is 2.78 bits per heavy atom. The predicted molar refractivity (Wildman–Crippen MR) is 65.0 cm³/mol. The number of benzene rings is 1. The van der Waals surface area contributed by atoms with Crippen molar-refractivity contribution in [1.29, 1.82) is 5.41 Å². The van der Waals surface area contributed by atoms with E-state index in [2.05, 4.69) is 5.10 Å². The average Bonchev–Trinajstić information content (AvgIpc) is 2.81. The molecule has 0 saturated heterocycles. The van der Waals surface area contributed by atoms with Gasteiger partial charge in [0, 0.05) is 23.0 Å². The molecule has 4 nitrogen and oxygen atoms in total. The fourth-order valence-corrected chi connectivity index (χ4v) is 1.64. The van der Waals surface area contributed by atoms with Crippen molar-refractivity contribution in [3.63, 3.8) is 0 Å². The van der Waals surface area contributed by atoms with Crippen molar-refractivity contribution >= 4 is 11.4 Å². The highest BCUT2D eigenvalue weighted by Gasteiger charge is 2.13. The monoisotopic (exact) mass is 250 g/mol. The van der Waals surface area contributed by atoms with E-state index < -0.39 is 6.55 Å². The average molecular weight is 250 g/mol. The number of aromatic nitrogens is 2. The van der Waals surface area contributed by atoms with Crippen LogP contribution in [0.25, 0.3) is 0 Å². The summed E-state index contributed by atoms with van der Waals surface area (Å²) in [4.78, 5) is 0. The summed E-state index contributed by atoms with van der Waals surface area (Å²) in [7, 11) is 0. The third-order valence-electron chi connectivity index (χ3n) is 2.62. The molecule has 0 aliphatic carbocycles. The van der Waals surface area contributed by atoms with E-state index in [-0.39, 0.29) is 5.71 Å². The third kappa shape index (κ3) is 2.22. The van der Waals surface area contributed by atoms with Crippen molar-refractivity contribution in [3.8, 4) is 0 Å². The maximum atomic E-state index is 12.4. The SMILES string of the molecule is Cc1ccc(N)cc1C(=N)c1cnn(C(F)F)c1. The first-order valence-electron chi connectivity index (χ1n) is 5.27. The standard InChI is InChI=1S/C12H12F2N4/c1-7-2-3-9(15)4-10(7)11(16)8-5-17-18(6-8)12(13)14/h2-6,12,16H,15H2,1H3. The minimum absolute atomic E-state index is 0.131. The number of nitrogens with one attached hydrogen (secondary N) is 1. The molecule has 0 aliphatic rings. The van der Waals surface area contributed by atoms with Gasteiger partial charge in [0.2, 0.25) is 0 Å². The lowest BCUT2D eigenvalue weighted by molar-refractivity contribution is 0.0566. The largest absolute Gasteiger partial charge is 0.399 e.